The number of rotatable bonds is 3. The molecule has 21 heavy (non-hydrogen) atoms. The molecule has 0 saturated carbocycles. The molecule has 1 aromatic rings. The van der Waals surface area contributed by atoms with Crippen molar-refractivity contribution in [3.8, 4) is 0 Å². The fourth-order valence-electron chi connectivity index (χ4n) is 4.49. The number of carbonyl (C=O) groups excluding carboxylic acids is 1. The summed E-state index contributed by atoms with van der Waals surface area (Å²) in [7, 11) is 2.20. The van der Waals surface area contributed by atoms with Crippen LogP contribution >= 0.6 is 0 Å². The average molecular weight is 285 g/mol. The maximum atomic E-state index is 12.3. The summed E-state index contributed by atoms with van der Waals surface area (Å²) in [5.74, 6) is 1.53. The monoisotopic (exact) mass is 285 g/mol. The van der Waals surface area contributed by atoms with Crippen LogP contribution in [0.5, 0.6) is 0 Å². The van der Waals surface area contributed by atoms with Gasteiger partial charge in [0.25, 0.3) is 0 Å². The van der Waals surface area contributed by atoms with Crippen molar-refractivity contribution in [1.82, 2.24) is 4.90 Å². The molecule has 0 unspecified atom stereocenters. The minimum absolute atomic E-state index is 0.179. The Kier molecular flexibility index (Phi) is 3.92. The van der Waals surface area contributed by atoms with E-state index in [0.717, 1.165) is 6.42 Å². The molecule has 0 spiro atoms. The number of hydrogen-bond acceptors (Lipinski definition) is 2. The molecule has 114 valence electrons. The van der Waals surface area contributed by atoms with E-state index in [2.05, 4.69) is 50.1 Å². The summed E-state index contributed by atoms with van der Waals surface area (Å²) in [6.45, 7) is 6.24. The number of benzene rings is 1. The fourth-order valence-corrected chi connectivity index (χ4v) is 4.49. The Morgan fingerprint density at radius 3 is 2.43 bits per heavy atom. The second kappa shape index (κ2) is 5.57. The molecule has 2 aliphatic rings. The number of Topliss-reactive ketones (excluding diaryl/α,β-unsaturated/α-hetero) is 1. The highest BCUT2D eigenvalue weighted by atomic mass is 16.1. The zero-order valence-corrected chi connectivity index (χ0v) is 13.7. The van der Waals surface area contributed by atoms with E-state index in [-0.39, 0.29) is 5.92 Å². The van der Waals surface area contributed by atoms with Crippen LogP contribution in [0.4, 0.5) is 0 Å². The lowest BCUT2D eigenvalue weighted by molar-refractivity contribution is -0.124. The van der Waals surface area contributed by atoms with Gasteiger partial charge in [0.2, 0.25) is 0 Å². The first-order valence-electron chi connectivity index (χ1n) is 8.31. The minimum Gasteiger partial charge on any atom is -0.300 e. The van der Waals surface area contributed by atoms with Gasteiger partial charge in [0, 0.05) is 18.0 Å². The van der Waals surface area contributed by atoms with Gasteiger partial charge in [0.15, 0.2) is 0 Å². The predicted octanol–water partition coefficient (Wildman–Crippen LogP) is 3.97. The van der Waals surface area contributed by atoms with E-state index < -0.39 is 0 Å². The van der Waals surface area contributed by atoms with Crippen LogP contribution in [0, 0.1) is 5.92 Å². The van der Waals surface area contributed by atoms with Crippen molar-refractivity contribution in [2.45, 2.75) is 64.0 Å². The van der Waals surface area contributed by atoms with Crippen LogP contribution in [0.25, 0.3) is 0 Å². The molecule has 4 atom stereocenters. The Hall–Kier alpha value is -1.15. The van der Waals surface area contributed by atoms with Gasteiger partial charge in [-0.1, -0.05) is 38.1 Å². The molecule has 0 aromatic heterocycles. The first-order valence-corrected chi connectivity index (χ1v) is 8.31. The van der Waals surface area contributed by atoms with Crippen molar-refractivity contribution in [2.24, 2.45) is 5.92 Å². The number of nitrogens with zero attached hydrogens (tertiary/aromatic N) is 1. The largest absolute Gasteiger partial charge is 0.300 e. The summed E-state index contributed by atoms with van der Waals surface area (Å²) in [6, 6.07) is 10.1. The normalized spacial score (nSPS) is 32.6. The Morgan fingerprint density at radius 1 is 1.19 bits per heavy atom. The highest BCUT2D eigenvalue weighted by molar-refractivity contribution is 5.80. The van der Waals surface area contributed by atoms with E-state index in [1.54, 1.807) is 6.92 Å². The van der Waals surface area contributed by atoms with Crippen LogP contribution in [0.15, 0.2) is 24.3 Å². The van der Waals surface area contributed by atoms with E-state index in [9.17, 15) is 4.79 Å². The highest BCUT2D eigenvalue weighted by Crippen LogP contribution is 2.46. The summed E-state index contributed by atoms with van der Waals surface area (Å²) in [5, 5.41) is 0. The molecule has 0 aliphatic carbocycles. The fraction of sp³-hybridized carbons (Fsp3) is 0.632. The van der Waals surface area contributed by atoms with Crippen LogP contribution in [0.2, 0.25) is 0 Å². The van der Waals surface area contributed by atoms with E-state index in [1.165, 1.54) is 24.0 Å². The van der Waals surface area contributed by atoms with Gasteiger partial charge in [0.1, 0.15) is 5.78 Å². The summed E-state index contributed by atoms with van der Waals surface area (Å²) < 4.78 is 0. The Balaban J connectivity index is 1.91. The third kappa shape index (κ3) is 2.55. The summed E-state index contributed by atoms with van der Waals surface area (Å²) in [5.41, 5.74) is 2.75. The topological polar surface area (TPSA) is 20.3 Å². The highest BCUT2D eigenvalue weighted by Gasteiger charge is 2.47. The van der Waals surface area contributed by atoms with Gasteiger partial charge >= 0.3 is 0 Å². The molecule has 2 saturated heterocycles. The lowest BCUT2D eigenvalue weighted by Crippen LogP contribution is -2.48. The molecule has 1 aromatic carbocycles. The van der Waals surface area contributed by atoms with Crippen LogP contribution in [-0.4, -0.2) is 29.8 Å². The Labute approximate surface area is 128 Å². The molecule has 2 aliphatic heterocycles. The van der Waals surface area contributed by atoms with Crippen molar-refractivity contribution in [3.05, 3.63) is 35.4 Å². The van der Waals surface area contributed by atoms with Crippen LogP contribution < -0.4 is 0 Å². The van der Waals surface area contributed by atoms with Crippen LogP contribution in [0.3, 0.4) is 0 Å². The molecule has 2 fully saturated rings. The first-order chi connectivity index (χ1) is 9.99. The van der Waals surface area contributed by atoms with Gasteiger partial charge in [-0.3, -0.25) is 9.69 Å². The zero-order chi connectivity index (χ0) is 15.1. The van der Waals surface area contributed by atoms with Gasteiger partial charge in [-0.2, -0.15) is 0 Å². The van der Waals surface area contributed by atoms with Crippen LogP contribution in [0.1, 0.15) is 63.0 Å². The van der Waals surface area contributed by atoms with Crippen LogP contribution in [-0.2, 0) is 4.79 Å². The molecule has 2 nitrogen and oxygen atoms in total. The Morgan fingerprint density at radius 2 is 1.86 bits per heavy atom. The van der Waals surface area contributed by atoms with E-state index in [1.807, 2.05) is 0 Å². The number of ketones is 1. The van der Waals surface area contributed by atoms with Crippen molar-refractivity contribution in [1.29, 1.82) is 0 Å². The third-order valence-electron chi connectivity index (χ3n) is 5.77. The van der Waals surface area contributed by atoms with Crippen molar-refractivity contribution < 1.29 is 4.79 Å². The van der Waals surface area contributed by atoms with Gasteiger partial charge in [-0.15, -0.1) is 0 Å². The second-order valence-corrected chi connectivity index (χ2v) is 7.26. The number of carbonyl (C=O) groups is 1. The summed E-state index contributed by atoms with van der Waals surface area (Å²) >= 11 is 0. The lowest BCUT2D eigenvalue weighted by Gasteiger charge is -2.42. The molecule has 0 amide bonds. The number of hydrogen-bond donors (Lipinski definition) is 0. The molecule has 3 rings (SSSR count). The zero-order valence-electron chi connectivity index (χ0n) is 13.7. The van der Waals surface area contributed by atoms with Crippen molar-refractivity contribution in [3.63, 3.8) is 0 Å². The predicted molar refractivity (Wildman–Crippen MR) is 86.6 cm³/mol. The standard InChI is InChI=1S/C19H27NO/c1-12(2)14-5-7-15(8-6-14)17-11-16-9-10-18(20(16)4)19(17)13(3)21/h5-8,12,16-19H,9-11H2,1-4H3/t16-,17+,18+,19-/m0/s1. The van der Waals surface area contributed by atoms with Crippen molar-refractivity contribution >= 4 is 5.78 Å². The van der Waals surface area contributed by atoms with Crippen molar-refractivity contribution in [2.75, 3.05) is 7.05 Å². The third-order valence-corrected chi connectivity index (χ3v) is 5.77. The average Bonchev–Trinajstić information content (AvgIpc) is 2.70. The lowest BCUT2D eigenvalue weighted by atomic mass is 9.74. The van der Waals surface area contributed by atoms with Gasteiger partial charge < -0.3 is 0 Å². The van der Waals surface area contributed by atoms with Gasteiger partial charge in [-0.25, -0.2) is 0 Å². The molecule has 0 N–H and O–H groups in total. The Bertz CT molecular complexity index is 519. The first kappa shape index (κ1) is 14.8. The summed E-state index contributed by atoms with van der Waals surface area (Å²) in [4.78, 5) is 14.7. The second-order valence-electron chi connectivity index (χ2n) is 7.26. The molecule has 0 radical (unpaired) electrons. The SMILES string of the molecule is CC(=O)[C@H]1[C@@H](c2ccc(C(C)C)cc2)C[C@@H]2CC[C@H]1N2C. The van der Waals surface area contributed by atoms with E-state index in [4.69, 9.17) is 0 Å². The number of piperidine rings is 1. The molecular weight excluding hydrogens is 258 g/mol. The molecule has 2 bridgehead atoms. The smallest absolute Gasteiger partial charge is 0.135 e. The van der Waals surface area contributed by atoms with E-state index in [0.29, 0.717) is 29.7 Å². The quantitative estimate of drug-likeness (QED) is 0.837. The molecular formula is C19H27NO. The maximum Gasteiger partial charge on any atom is 0.135 e. The molecule has 2 heteroatoms. The minimum atomic E-state index is 0.179. The summed E-state index contributed by atoms with van der Waals surface area (Å²) in [6.07, 6.45) is 3.58. The maximum absolute atomic E-state index is 12.3. The van der Waals surface area contributed by atoms with Gasteiger partial charge in [-0.05, 0) is 56.2 Å². The number of fused-ring (bicyclic) bond motifs is 2. The van der Waals surface area contributed by atoms with E-state index >= 15 is 0 Å². The van der Waals surface area contributed by atoms with Gasteiger partial charge in [0.05, 0.1) is 0 Å². The molecule has 2 heterocycles.